The highest BCUT2D eigenvalue weighted by molar-refractivity contribution is 4.92. The van der Waals surface area contributed by atoms with Gasteiger partial charge in [-0.25, -0.2) is 0 Å². The zero-order valence-electron chi connectivity index (χ0n) is 11.9. The zero-order chi connectivity index (χ0) is 12.6. The molecule has 1 fully saturated rings. The number of unbranched alkanes of at least 4 members (excludes halogenated alkanes) is 2. The Labute approximate surface area is 107 Å². The number of hydrogen-bond acceptors (Lipinski definition) is 3. The molecule has 1 N–H and O–H groups in total. The average molecular weight is 242 g/mol. The monoisotopic (exact) mass is 242 g/mol. The van der Waals surface area contributed by atoms with Crippen molar-refractivity contribution in [3.63, 3.8) is 0 Å². The van der Waals surface area contributed by atoms with Crippen LogP contribution >= 0.6 is 0 Å². The molecule has 0 unspecified atom stereocenters. The van der Waals surface area contributed by atoms with Gasteiger partial charge in [0, 0.05) is 38.9 Å². The van der Waals surface area contributed by atoms with Crippen molar-refractivity contribution in [2.45, 2.75) is 51.5 Å². The van der Waals surface area contributed by atoms with Crippen LogP contribution in [0.5, 0.6) is 0 Å². The lowest BCUT2D eigenvalue weighted by Gasteiger charge is -2.43. The lowest BCUT2D eigenvalue weighted by molar-refractivity contribution is 0.120. The van der Waals surface area contributed by atoms with E-state index in [4.69, 9.17) is 4.74 Å². The molecule has 1 rings (SSSR count). The van der Waals surface area contributed by atoms with Crippen LogP contribution in [0.15, 0.2) is 0 Å². The third-order valence-corrected chi connectivity index (χ3v) is 4.13. The predicted octanol–water partition coefficient (Wildman–Crippen LogP) is 2.27. The maximum Gasteiger partial charge on any atom is 0.0462 e. The molecule has 0 aromatic carbocycles. The van der Waals surface area contributed by atoms with Gasteiger partial charge in [0.05, 0.1) is 0 Å². The first-order valence-electron chi connectivity index (χ1n) is 7.22. The van der Waals surface area contributed by atoms with Gasteiger partial charge in [0.1, 0.15) is 0 Å². The number of ether oxygens (including phenoxy) is 1. The standard InChI is InChI=1S/C14H30N2O/c1-4-14(5-2)13-16(11-9-15-14)10-7-6-8-12-17-3/h15H,4-13H2,1-3H3. The van der Waals surface area contributed by atoms with E-state index in [0.29, 0.717) is 5.54 Å². The van der Waals surface area contributed by atoms with Crippen LogP contribution in [0.1, 0.15) is 46.0 Å². The van der Waals surface area contributed by atoms with Gasteiger partial charge in [-0.1, -0.05) is 13.8 Å². The fourth-order valence-electron chi connectivity index (χ4n) is 2.72. The van der Waals surface area contributed by atoms with E-state index in [0.717, 1.165) is 13.2 Å². The van der Waals surface area contributed by atoms with Crippen LogP contribution < -0.4 is 5.32 Å². The minimum Gasteiger partial charge on any atom is -0.385 e. The van der Waals surface area contributed by atoms with Crippen molar-refractivity contribution >= 4 is 0 Å². The maximum absolute atomic E-state index is 5.08. The molecule has 1 aliphatic heterocycles. The van der Waals surface area contributed by atoms with Gasteiger partial charge in [0.15, 0.2) is 0 Å². The van der Waals surface area contributed by atoms with Crippen molar-refractivity contribution in [3.05, 3.63) is 0 Å². The summed E-state index contributed by atoms with van der Waals surface area (Å²) in [7, 11) is 1.78. The Balaban J connectivity index is 2.20. The molecule has 17 heavy (non-hydrogen) atoms. The minimum atomic E-state index is 0.380. The number of hydrogen-bond donors (Lipinski definition) is 1. The Morgan fingerprint density at radius 2 is 1.94 bits per heavy atom. The molecule has 0 spiro atoms. The van der Waals surface area contributed by atoms with Gasteiger partial charge < -0.3 is 15.0 Å². The quantitative estimate of drug-likeness (QED) is 0.661. The summed E-state index contributed by atoms with van der Waals surface area (Å²) in [4.78, 5) is 2.64. The fourth-order valence-corrected chi connectivity index (χ4v) is 2.72. The molecule has 0 aliphatic carbocycles. The fraction of sp³-hybridized carbons (Fsp3) is 1.00. The van der Waals surface area contributed by atoms with Crippen molar-refractivity contribution in [1.29, 1.82) is 0 Å². The first-order valence-corrected chi connectivity index (χ1v) is 7.22. The van der Waals surface area contributed by atoms with Crippen LogP contribution in [0.4, 0.5) is 0 Å². The summed E-state index contributed by atoms with van der Waals surface area (Å²) >= 11 is 0. The first-order chi connectivity index (χ1) is 8.26. The molecule has 1 saturated heterocycles. The molecular formula is C14H30N2O. The van der Waals surface area contributed by atoms with Crippen molar-refractivity contribution in [3.8, 4) is 0 Å². The van der Waals surface area contributed by atoms with Gasteiger partial charge in [-0.2, -0.15) is 0 Å². The largest absolute Gasteiger partial charge is 0.385 e. The topological polar surface area (TPSA) is 24.5 Å². The molecule has 0 radical (unpaired) electrons. The third-order valence-electron chi connectivity index (χ3n) is 4.13. The van der Waals surface area contributed by atoms with E-state index in [1.165, 1.54) is 51.7 Å². The van der Waals surface area contributed by atoms with E-state index in [9.17, 15) is 0 Å². The predicted molar refractivity (Wildman–Crippen MR) is 73.5 cm³/mol. The molecule has 3 nitrogen and oxygen atoms in total. The van der Waals surface area contributed by atoms with E-state index in [1.54, 1.807) is 7.11 Å². The SMILES string of the molecule is CCC1(CC)CN(CCCCCOC)CCN1. The van der Waals surface area contributed by atoms with Crippen molar-refractivity contribution in [2.75, 3.05) is 39.9 Å². The summed E-state index contributed by atoms with van der Waals surface area (Å²) in [5.41, 5.74) is 0.380. The number of methoxy groups -OCH3 is 1. The average Bonchev–Trinajstić information content (AvgIpc) is 2.39. The summed E-state index contributed by atoms with van der Waals surface area (Å²) in [6.45, 7) is 10.4. The molecule has 0 aromatic rings. The molecular weight excluding hydrogens is 212 g/mol. The third kappa shape index (κ3) is 4.94. The summed E-state index contributed by atoms with van der Waals surface area (Å²) < 4.78 is 5.08. The molecule has 102 valence electrons. The van der Waals surface area contributed by atoms with Crippen LogP contribution in [0.2, 0.25) is 0 Å². The van der Waals surface area contributed by atoms with E-state index in [2.05, 4.69) is 24.1 Å². The molecule has 3 heteroatoms. The Morgan fingerprint density at radius 1 is 1.18 bits per heavy atom. The molecule has 0 aromatic heterocycles. The summed E-state index contributed by atoms with van der Waals surface area (Å²) in [5, 5.41) is 3.71. The normalized spacial score (nSPS) is 20.6. The molecule has 0 atom stereocenters. The van der Waals surface area contributed by atoms with E-state index in [1.807, 2.05) is 0 Å². The number of nitrogens with one attached hydrogen (secondary N) is 1. The van der Waals surface area contributed by atoms with Gasteiger partial charge in [-0.15, -0.1) is 0 Å². The maximum atomic E-state index is 5.08. The number of nitrogens with zero attached hydrogens (tertiary/aromatic N) is 1. The summed E-state index contributed by atoms with van der Waals surface area (Å²) in [6, 6.07) is 0. The Bertz CT molecular complexity index is 193. The molecule has 0 saturated carbocycles. The highest BCUT2D eigenvalue weighted by Crippen LogP contribution is 2.20. The first kappa shape index (κ1) is 14.9. The van der Waals surface area contributed by atoms with Gasteiger partial charge in [-0.05, 0) is 38.6 Å². The Hall–Kier alpha value is -0.120. The second kappa shape index (κ2) is 8.06. The smallest absolute Gasteiger partial charge is 0.0462 e. The van der Waals surface area contributed by atoms with Crippen molar-refractivity contribution < 1.29 is 4.74 Å². The van der Waals surface area contributed by atoms with Crippen molar-refractivity contribution in [1.82, 2.24) is 10.2 Å². The van der Waals surface area contributed by atoms with Crippen LogP contribution in [0.3, 0.4) is 0 Å². The lowest BCUT2D eigenvalue weighted by Crippen LogP contribution is -2.59. The summed E-state index contributed by atoms with van der Waals surface area (Å²) in [6.07, 6.45) is 6.29. The number of piperazine rings is 1. The van der Waals surface area contributed by atoms with E-state index in [-0.39, 0.29) is 0 Å². The molecule has 1 heterocycles. The van der Waals surface area contributed by atoms with Crippen LogP contribution in [0, 0.1) is 0 Å². The van der Waals surface area contributed by atoms with Crippen LogP contribution in [-0.4, -0.2) is 50.3 Å². The number of rotatable bonds is 8. The highest BCUT2D eigenvalue weighted by atomic mass is 16.5. The lowest BCUT2D eigenvalue weighted by atomic mass is 9.90. The van der Waals surface area contributed by atoms with E-state index >= 15 is 0 Å². The van der Waals surface area contributed by atoms with Gasteiger partial charge in [0.2, 0.25) is 0 Å². The second-order valence-electron chi connectivity index (χ2n) is 5.24. The summed E-state index contributed by atoms with van der Waals surface area (Å²) in [5.74, 6) is 0. The van der Waals surface area contributed by atoms with Crippen LogP contribution in [0.25, 0.3) is 0 Å². The molecule has 1 aliphatic rings. The van der Waals surface area contributed by atoms with Crippen molar-refractivity contribution in [2.24, 2.45) is 0 Å². The zero-order valence-corrected chi connectivity index (χ0v) is 11.9. The Kier molecular flexibility index (Phi) is 7.09. The Morgan fingerprint density at radius 3 is 2.59 bits per heavy atom. The molecule has 0 bridgehead atoms. The van der Waals surface area contributed by atoms with Gasteiger partial charge >= 0.3 is 0 Å². The van der Waals surface area contributed by atoms with Gasteiger partial charge in [0.25, 0.3) is 0 Å². The second-order valence-corrected chi connectivity index (χ2v) is 5.24. The van der Waals surface area contributed by atoms with Crippen LogP contribution in [-0.2, 0) is 4.74 Å². The highest BCUT2D eigenvalue weighted by Gasteiger charge is 2.31. The molecule has 0 amide bonds. The van der Waals surface area contributed by atoms with Gasteiger partial charge in [-0.3, -0.25) is 0 Å². The van der Waals surface area contributed by atoms with E-state index < -0.39 is 0 Å². The minimum absolute atomic E-state index is 0.380.